The van der Waals surface area contributed by atoms with E-state index in [0.717, 1.165) is 29.5 Å². The van der Waals surface area contributed by atoms with E-state index in [4.69, 9.17) is 4.42 Å². The molecule has 0 aliphatic rings. The number of carbonyl (C=O) groups is 1. The SMILES string of the molecule is C[C@@H](Sc1nnc(Cc2ccccc2)o1)C(=O)Nc1c(F)cccc1F. The largest absolute Gasteiger partial charge is 0.416 e. The Hall–Kier alpha value is -2.74. The van der Waals surface area contributed by atoms with E-state index in [9.17, 15) is 13.6 Å². The fraction of sp³-hybridized carbons (Fsp3) is 0.167. The third-order valence-corrected chi connectivity index (χ3v) is 4.44. The molecule has 1 aromatic heterocycles. The molecule has 1 heterocycles. The van der Waals surface area contributed by atoms with Gasteiger partial charge >= 0.3 is 0 Å². The van der Waals surface area contributed by atoms with E-state index in [1.54, 1.807) is 6.92 Å². The lowest BCUT2D eigenvalue weighted by molar-refractivity contribution is -0.115. The summed E-state index contributed by atoms with van der Waals surface area (Å²) < 4.78 is 32.7. The average molecular weight is 375 g/mol. The van der Waals surface area contributed by atoms with Crippen LogP contribution in [0.4, 0.5) is 14.5 Å². The van der Waals surface area contributed by atoms with E-state index in [2.05, 4.69) is 15.5 Å². The summed E-state index contributed by atoms with van der Waals surface area (Å²) in [6, 6.07) is 13.0. The van der Waals surface area contributed by atoms with Crippen molar-refractivity contribution in [2.75, 3.05) is 5.32 Å². The number of rotatable bonds is 6. The van der Waals surface area contributed by atoms with Gasteiger partial charge in [-0.05, 0) is 24.6 Å². The fourth-order valence-electron chi connectivity index (χ4n) is 2.17. The first-order chi connectivity index (χ1) is 12.5. The minimum Gasteiger partial charge on any atom is -0.416 e. The Kier molecular flexibility index (Phi) is 5.62. The van der Waals surface area contributed by atoms with Gasteiger partial charge in [-0.15, -0.1) is 10.2 Å². The first-order valence-electron chi connectivity index (χ1n) is 7.81. The smallest absolute Gasteiger partial charge is 0.277 e. The Bertz CT molecular complexity index is 882. The van der Waals surface area contributed by atoms with Gasteiger partial charge in [0.1, 0.15) is 17.3 Å². The number of amides is 1. The molecule has 0 spiro atoms. The fourth-order valence-corrected chi connectivity index (χ4v) is 2.88. The number of nitrogens with one attached hydrogen (secondary N) is 1. The van der Waals surface area contributed by atoms with Crippen molar-refractivity contribution in [3.05, 3.63) is 71.6 Å². The van der Waals surface area contributed by atoms with Crippen LogP contribution >= 0.6 is 11.8 Å². The number of thioether (sulfide) groups is 1. The highest BCUT2D eigenvalue weighted by atomic mass is 32.2. The van der Waals surface area contributed by atoms with Crippen molar-refractivity contribution in [1.82, 2.24) is 10.2 Å². The van der Waals surface area contributed by atoms with Crippen molar-refractivity contribution < 1.29 is 18.0 Å². The Balaban J connectivity index is 1.61. The van der Waals surface area contributed by atoms with E-state index >= 15 is 0 Å². The molecule has 0 aliphatic carbocycles. The van der Waals surface area contributed by atoms with Crippen LogP contribution in [-0.2, 0) is 11.2 Å². The molecule has 5 nitrogen and oxygen atoms in total. The molecule has 0 aliphatic heterocycles. The molecule has 0 fully saturated rings. The van der Waals surface area contributed by atoms with Gasteiger partial charge in [0.15, 0.2) is 0 Å². The van der Waals surface area contributed by atoms with Crippen molar-refractivity contribution in [2.45, 2.75) is 23.8 Å². The number of para-hydroxylation sites is 1. The maximum Gasteiger partial charge on any atom is 0.277 e. The monoisotopic (exact) mass is 375 g/mol. The van der Waals surface area contributed by atoms with Crippen LogP contribution in [0, 0.1) is 11.6 Å². The quantitative estimate of drug-likeness (QED) is 0.658. The molecule has 0 bridgehead atoms. The number of hydrogen-bond donors (Lipinski definition) is 1. The zero-order valence-electron chi connectivity index (χ0n) is 13.8. The zero-order valence-corrected chi connectivity index (χ0v) is 14.6. The molecule has 3 rings (SSSR count). The summed E-state index contributed by atoms with van der Waals surface area (Å²) in [6.07, 6.45) is 0.482. The summed E-state index contributed by atoms with van der Waals surface area (Å²) in [5.41, 5.74) is 0.550. The molecule has 1 N–H and O–H groups in total. The summed E-state index contributed by atoms with van der Waals surface area (Å²) in [5.74, 6) is -1.81. The predicted molar refractivity (Wildman–Crippen MR) is 93.9 cm³/mol. The van der Waals surface area contributed by atoms with Crippen molar-refractivity contribution in [1.29, 1.82) is 0 Å². The molecule has 0 radical (unpaired) electrons. The summed E-state index contributed by atoms with van der Waals surface area (Å²) >= 11 is 1.02. The standard InChI is InChI=1S/C18H15F2N3O2S/c1-11(17(24)21-16-13(19)8-5-9-14(16)20)26-18-23-22-15(25-18)10-12-6-3-2-4-7-12/h2-9,11H,10H2,1H3,(H,21,24)/t11-/m1/s1. The molecule has 0 saturated heterocycles. The van der Waals surface area contributed by atoms with Gasteiger partial charge in [0.2, 0.25) is 11.8 Å². The van der Waals surface area contributed by atoms with Crippen LogP contribution in [0.1, 0.15) is 18.4 Å². The van der Waals surface area contributed by atoms with Crippen LogP contribution in [0.3, 0.4) is 0 Å². The second kappa shape index (κ2) is 8.09. The number of anilines is 1. The molecular weight excluding hydrogens is 360 g/mol. The maximum atomic E-state index is 13.6. The third kappa shape index (κ3) is 4.45. The number of nitrogens with zero attached hydrogens (tertiary/aromatic N) is 2. The van der Waals surface area contributed by atoms with Gasteiger partial charge in [0, 0.05) is 0 Å². The lowest BCUT2D eigenvalue weighted by Gasteiger charge is -2.11. The Morgan fingerprint density at radius 1 is 1.12 bits per heavy atom. The second-order valence-electron chi connectivity index (χ2n) is 5.47. The molecular formula is C18H15F2N3O2S. The lowest BCUT2D eigenvalue weighted by atomic mass is 10.2. The van der Waals surface area contributed by atoms with Crippen molar-refractivity contribution in [2.24, 2.45) is 0 Å². The van der Waals surface area contributed by atoms with Crippen LogP contribution < -0.4 is 5.32 Å². The van der Waals surface area contributed by atoms with Gasteiger partial charge < -0.3 is 9.73 Å². The van der Waals surface area contributed by atoms with Crippen LogP contribution in [0.2, 0.25) is 0 Å². The molecule has 1 amide bonds. The maximum absolute atomic E-state index is 13.6. The Morgan fingerprint density at radius 2 is 1.81 bits per heavy atom. The summed E-state index contributed by atoms with van der Waals surface area (Å²) in [4.78, 5) is 12.2. The highest BCUT2D eigenvalue weighted by molar-refractivity contribution is 8.00. The highest BCUT2D eigenvalue weighted by Crippen LogP contribution is 2.25. The first kappa shape index (κ1) is 18.1. The number of benzene rings is 2. The van der Waals surface area contributed by atoms with Crippen molar-refractivity contribution in [3.8, 4) is 0 Å². The molecule has 1 atom stereocenters. The van der Waals surface area contributed by atoms with Gasteiger partial charge in [0.25, 0.3) is 5.22 Å². The average Bonchev–Trinajstić information content (AvgIpc) is 3.05. The normalized spacial score (nSPS) is 12.0. The number of halogens is 2. The molecule has 8 heteroatoms. The van der Waals surface area contributed by atoms with Crippen LogP contribution in [0.15, 0.2) is 58.2 Å². The second-order valence-corrected chi connectivity index (χ2v) is 6.76. The predicted octanol–water partition coefficient (Wildman–Crippen LogP) is 4.06. The number of hydrogen-bond acceptors (Lipinski definition) is 5. The summed E-state index contributed by atoms with van der Waals surface area (Å²) in [6.45, 7) is 1.58. The minimum absolute atomic E-state index is 0.215. The van der Waals surface area contributed by atoms with E-state index in [1.807, 2.05) is 30.3 Å². The third-order valence-electron chi connectivity index (χ3n) is 3.50. The van der Waals surface area contributed by atoms with Gasteiger partial charge in [0.05, 0.1) is 11.7 Å². The van der Waals surface area contributed by atoms with Gasteiger partial charge in [-0.3, -0.25) is 4.79 Å². The Morgan fingerprint density at radius 3 is 2.50 bits per heavy atom. The topological polar surface area (TPSA) is 68.0 Å². The molecule has 134 valence electrons. The van der Waals surface area contributed by atoms with Crippen LogP contribution in [-0.4, -0.2) is 21.4 Å². The van der Waals surface area contributed by atoms with Crippen LogP contribution in [0.25, 0.3) is 0 Å². The van der Waals surface area contributed by atoms with Gasteiger partial charge in [-0.1, -0.05) is 48.2 Å². The van der Waals surface area contributed by atoms with Crippen molar-refractivity contribution >= 4 is 23.4 Å². The molecule has 3 aromatic rings. The summed E-state index contributed by atoms with van der Waals surface area (Å²) in [5, 5.41) is 9.62. The number of aromatic nitrogens is 2. The molecule has 2 aromatic carbocycles. The molecule has 0 saturated carbocycles. The van der Waals surface area contributed by atoms with E-state index < -0.39 is 28.5 Å². The lowest BCUT2D eigenvalue weighted by Crippen LogP contribution is -2.23. The number of carbonyl (C=O) groups excluding carboxylic acids is 1. The van der Waals surface area contributed by atoms with E-state index in [-0.39, 0.29) is 5.22 Å². The molecule has 0 unspecified atom stereocenters. The zero-order chi connectivity index (χ0) is 18.5. The minimum atomic E-state index is -0.835. The van der Waals surface area contributed by atoms with Crippen molar-refractivity contribution in [3.63, 3.8) is 0 Å². The van der Waals surface area contributed by atoms with E-state index in [0.29, 0.717) is 12.3 Å². The first-order valence-corrected chi connectivity index (χ1v) is 8.68. The molecule has 26 heavy (non-hydrogen) atoms. The highest BCUT2D eigenvalue weighted by Gasteiger charge is 2.21. The van der Waals surface area contributed by atoms with E-state index in [1.165, 1.54) is 6.07 Å². The van der Waals surface area contributed by atoms with Gasteiger partial charge in [-0.25, -0.2) is 8.78 Å². The van der Waals surface area contributed by atoms with Gasteiger partial charge in [-0.2, -0.15) is 0 Å². The Labute approximate surface area is 152 Å². The van der Waals surface area contributed by atoms with Crippen LogP contribution in [0.5, 0.6) is 0 Å². The summed E-state index contributed by atoms with van der Waals surface area (Å²) in [7, 11) is 0.